The van der Waals surface area contributed by atoms with Crippen LogP contribution in [0.2, 0.25) is 0 Å². The van der Waals surface area contributed by atoms with Crippen molar-refractivity contribution >= 4 is 17.1 Å². The fourth-order valence-corrected chi connectivity index (χ4v) is 2.45. The Hall–Kier alpha value is -3.56. The summed E-state index contributed by atoms with van der Waals surface area (Å²) < 4.78 is 0. The van der Waals surface area contributed by atoms with Crippen LogP contribution in [0.5, 0.6) is 0 Å². The van der Waals surface area contributed by atoms with E-state index < -0.39 is 0 Å². The first kappa shape index (κ1) is 17.8. The van der Waals surface area contributed by atoms with Gasteiger partial charge in [0.1, 0.15) is 0 Å². The molecule has 0 fully saturated rings. The maximum Gasteiger partial charge on any atom is 0.0992 e. The van der Waals surface area contributed by atoms with E-state index in [2.05, 4.69) is 12.1 Å². The van der Waals surface area contributed by atoms with Gasteiger partial charge in [-0.3, -0.25) is 0 Å². The van der Waals surface area contributed by atoms with Crippen LogP contribution >= 0.6 is 0 Å². The van der Waals surface area contributed by atoms with Crippen LogP contribution in [0.25, 0.3) is 0 Å². The average Bonchev–Trinajstić information content (AvgIpc) is 2.71. The summed E-state index contributed by atoms with van der Waals surface area (Å²) in [6.45, 7) is 4.00. The predicted molar refractivity (Wildman–Crippen MR) is 102 cm³/mol. The van der Waals surface area contributed by atoms with Crippen molar-refractivity contribution < 1.29 is 0 Å². The van der Waals surface area contributed by atoms with E-state index in [0.717, 1.165) is 17.1 Å². The van der Waals surface area contributed by atoms with E-state index >= 15 is 0 Å². The zero-order valence-electron chi connectivity index (χ0n) is 14.3. The predicted octanol–water partition coefficient (Wildman–Crippen LogP) is 5.93. The molecule has 0 aliphatic carbocycles. The van der Waals surface area contributed by atoms with Gasteiger partial charge in [0.25, 0.3) is 0 Å². The lowest BCUT2D eigenvalue weighted by Crippen LogP contribution is -2.10. The van der Waals surface area contributed by atoms with E-state index in [1.54, 1.807) is 12.1 Å². The van der Waals surface area contributed by atoms with Gasteiger partial charge < -0.3 is 4.90 Å². The molecular weight excluding hydrogens is 306 g/mol. The van der Waals surface area contributed by atoms with Crippen LogP contribution in [-0.4, -0.2) is 0 Å². The van der Waals surface area contributed by atoms with Gasteiger partial charge in [-0.25, -0.2) is 0 Å². The number of nitrogens with zero attached hydrogens (tertiary/aromatic N) is 3. The molecule has 0 atom stereocenters. The minimum absolute atomic E-state index is 0.597. The average molecular weight is 325 g/mol. The van der Waals surface area contributed by atoms with Crippen molar-refractivity contribution in [3.05, 3.63) is 90.0 Å². The van der Waals surface area contributed by atoms with E-state index in [-0.39, 0.29) is 0 Å². The van der Waals surface area contributed by atoms with E-state index in [1.807, 2.05) is 85.5 Å². The molecule has 25 heavy (non-hydrogen) atoms. The van der Waals surface area contributed by atoms with Crippen LogP contribution in [0.15, 0.2) is 78.9 Å². The van der Waals surface area contributed by atoms with Crippen molar-refractivity contribution in [2.75, 3.05) is 4.90 Å². The van der Waals surface area contributed by atoms with Gasteiger partial charge in [0.05, 0.1) is 23.3 Å². The summed E-state index contributed by atoms with van der Waals surface area (Å²) in [5, 5.41) is 18.3. The highest BCUT2D eigenvalue weighted by Gasteiger charge is 2.12. The van der Waals surface area contributed by atoms with Gasteiger partial charge >= 0.3 is 0 Å². The SMILES string of the molecule is CC.N#Cc1cccc(N(c2ccccc2)c2cccc(C#N)c2)c1. The van der Waals surface area contributed by atoms with Crippen molar-refractivity contribution in [3.8, 4) is 12.1 Å². The van der Waals surface area contributed by atoms with Crippen LogP contribution in [0.1, 0.15) is 25.0 Å². The molecule has 0 saturated heterocycles. The number of nitriles is 2. The molecule has 3 rings (SSSR count). The molecule has 122 valence electrons. The largest absolute Gasteiger partial charge is 0.310 e. The Morgan fingerprint density at radius 1 is 0.600 bits per heavy atom. The monoisotopic (exact) mass is 325 g/mol. The molecular formula is C22H19N3. The molecule has 0 amide bonds. The highest BCUT2D eigenvalue weighted by atomic mass is 15.1. The maximum absolute atomic E-state index is 9.16. The second-order valence-electron chi connectivity index (χ2n) is 5.00. The summed E-state index contributed by atoms with van der Waals surface area (Å²) in [6, 6.07) is 29.1. The van der Waals surface area contributed by atoms with Gasteiger partial charge in [0.15, 0.2) is 0 Å². The molecule has 3 aromatic carbocycles. The zero-order valence-corrected chi connectivity index (χ0v) is 14.3. The van der Waals surface area contributed by atoms with Crippen LogP contribution in [0, 0.1) is 22.7 Å². The van der Waals surface area contributed by atoms with Crippen LogP contribution < -0.4 is 4.90 Å². The number of benzene rings is 3. The van der Waals surface area contributed by atoms with Crippen molar-refractivity contribution in [2.45, 2.75) is 13.8 Å². The fraction of sp³-hybridized carbons (Fsp3) is 0.0909. The van der Waals surface area contributed by atoms with E-state index in [0.29, 0.717) is 11.1 Å². The van der Waals surface area contributed by atoms with Gasteiger partial charge in [-0.05, 0) is 48.5 Å². The molecule has 0 N–H and O–H groups in total. The Bertz CT molecular complexity index is 845. The standard InChI is InChI=1S/C20H13N3.C2H6/c21-14-16-6-4-10-19(12-16)23(18-8-2-1-3-9-18)20-11-5-7-17(13-20)15-22;1-2/h1-13H;1-2H3. The summed E-state index contributed by atoms with van der Waals surface area (Å²) in [5.41, 5.74) is 3.92. The van der Waals surface area contributed by atoms with Gasteiger partial charge in [0, 0.05) is 17.1 Å². The van der Waals surface area contributed by atoms with Gasteiger partial charge in [-0.15, -0.1) is 0 Å². The second-order valence-corrected chi connectivity index (χ2v) is 5.00. The lowest BCUT2D eigenvalue weighted by molar-refractivity contribution is 1.27. The minimum Gasteiger partial charge on any atom is -0.310 e. The normalized spacial score (nSPS) is 9.12. The number of hydrogen-bond acceptors (Lipinski definition) is 3. The van der Waals surface area contributed by atoms with Crippen LogP contribution in [0.4, 0.5) is 17.1 Å². The first-order chi connectivity index (χ1) is 12.3. The Morgan fingerprint density at radius 2 is 1.04 bits per heavy atom. The Balaban J connectivity index is 0.00000109. The summed E-state index contributed by atoms with van der Waals surface area (Å²) in [4.78, 5) is 2.03. The first-order valence-corrected chi connectivity index (χ1v) is 8.17. The smallest absolute Gasteiger partial charge is 0.0992 e. The van der Waals surface area contributed by atoms with E-state index in [1.165, 1.54) is 0 Å². The molecule has 0 saturated carbocycles. The van der Waals surface area contributed by atoms with E-state index in [9.17, 15) is 0 Å². The highest BCUT2D eigenvalue weighted by Crippen LogP contribution is 2.34. The van der Waals surface area contributed by atoms with Crippen molar-refractivity contribution in [2.24, 2.45) is 0 Å². The molecule has 3 heteroatoms. The number of hydrogen-bond donors (Lipinski definition) is 0. The molecule has 0 bridgehead atoms. The molecule has 0 spiro atoms. The fourth-order valence-electron chi connectivity index (χ4n) is 2.45. The lowest BCUT2D eigenvalue weighted by atomic mass is 10.1. The van der Waals surface area contributed by atoms with Crippen molar-refractivity contribution in [1.82, 2.24) is 0 Å². The van der Waals surface area contributed by atoms with E-state index in [4.69, 9.17) is 10.5 Å². The third-order valence-electron chi connectivity index (χ3n) is 3.48. The summed E-state index contributed by atoms with van der Waals surface area (Å²) in [6.07, 6.45) is 0. The molecule has 3 nitrogen and oxygen atoms in total. The minimum atomic E-state index is 0.597. The molecule has 0 aromatic heterocycles. The third kappa shape index (κ3) is 4.25. The molecule has 0 unspecified atom stereocenters. The van der Waals surface area contributed by atoms with Gasteiger partial charge in [-0.2, -0.15) is 10.5 Å². The summed E-state index contributed by atoms with van der Waals surface area (Å²) in [5.74, 6) is 0. The molecule has 0 aliphatic rings. The lowest BCUT2D eigenvalue weighted by Gasteiger charge is -2.25. The van der Waals surface area contributed by atoms with Crippen LogP contribution in [-0.2, 0) is 0 Å². The molecule has 0 heterocycles. The summed E-state index contributed by atoms with van der Waals surface area (Å²) in [7, 11) is 0. The summed E-state index contributed by atoms with van der Waals surface area (Å²) >= 11 is 0. The second kappa shape index (κ2) is 8.91. The third-order valence-corrected chi connectivity index (χ3v) is 3.48. The Morgan fingerprint density at radius 3 is 1.48 bits per heavy atom. The Labute approximate surface area is 149 Å². The van der Waals surface area contributed by atoms with Crippen LogP contribution in [0.3, 0.4) is 0 Å². The first-order valence-electron chi connectivity index (χ1n) is 8.17. The van der Waals surface area contributed by atoms with Crippen molar-refractivity contribution in [3.63, 3.8) is 0 Å². The van der Waals surface area contributed by atoms with Gasteiger partial charge in [0.2, 0.25) is 0 Å². The maximum atomic E-state index is 9.16. The highest BCUT2D eigenvalue weighted by molar-refractivity contribution is 5.77. The topological polar surface area (TPSA) is 50.8 Å². The number of para-hydroxylation sites is 1. The zero-order chi connectivity index (χ0) is 18.1. The number of anilines is 3. The number of rotatable bonds is 3. The molecule has 0 aliphatic heterocycles. The molecule has 3 aromatic rings. The van der Waals surface area contributed by atoms with Gasteiger partial charge in [-0.1, -0.05) is 44.2 Å². The molecule has 0 radical (unpaired) electrons. The Kier molecular flexibility index (Phi) is 6.34. The van der Waals surface area contributed by atoms with Crippen molar-refractivity contribution in [1.29, 1.82) is 10.5 Å². The quantitative estimate of drug-likeness (QED) is 0.600.